The number of ketones is 1. The average Bonchev–Trinajstić information content (AvgIpc) is 2.62. The van der Waals surface area contributed by atoms with Gasteiger partial charge in [0.1, 0.15) is 0 Å². The van der Waals surface area contributed by atoms with Crippen LogP contribution in [0.25, 0.3) is 0 Å². The highest BCUT2D eigenvalue weighted by Crippen LogP contribution is 2.61. The quantitative estimate of drug-likeness (QED) is 0.728. The Morgan fingerprint density at radius 1 is 1.17 bits per heavy atom. The largest absolute Gasteiger partial charge is 0.392 e. The van der Waals surface area contributed by atoms with Gasteiger partial charge in [-0.25, -0.2) is 0 Å². The van der Waals surface area contributed by atoms with Gasteiger partial charge in [-0.2, -0.15) is 0 Å². The van der Waals surface area contributed by atoms with E-state index in [1.165, 1.54) is 6.42 Å². The fraction of sp³-hybridized carbons (Fsp3) is 0.762. The lowest BCUT2D eigenvalue weighted by molar-refractivity contribution is -0.127. The van der Waals surface area contributed by atoms with E-state index in [2.05, 4.69) is 46.8 Å². The van der Waals surface area contributed by atoms with Crippen LogP contribution in [0.15, 0.2) is 23.3 Å². The predicted molar refractivity (Wildman–Crippen MR) is 93.9 cm³/mol. The molecule has 0 aromatic carbocycles. The second-order valence-electron chi connectivity index (χ2n) is 9.32. The summed E-state index contributed by atoms with van der Waals surface area (Å²) < 4.78 is 0. The van der Waals surface area contributed by atoms with Crippen LogP contribution in [0.4, 0.5) is 0 Å². The van der Waals surface area contributed by atoms with Crippen molar-refractivity contribution in [3.63, 3.8) is 0 Å². The Hall–Kier alpha value is -0.890. The van der Waals surface area contributed by atoms with Crippen molar-refractivity contribution in [1.82, 2.24) is 0 Å². The van der Waals surface area contributed by atoms with Gasteiger partial charge >= 0.3 is 0 Å². The lowest BCUT2D eigenvalue weighted by Gasteiger charge is -2.53. The molecule has 0 aliphatic heterocycles. The number of Topliss-reactive ketones (excluding diaryl/α,β-unsaturated/α-hetero) is 1. The summed E-state index contributed by atoms with van der Waals surface area (Å²) in [6.45, 7) is 13.7. The Labute approximate surface area is 141 Å². The van der Waals surface area contributed by atoms with Crippen LogP contribution < -0.4 is 0 Å². The molecule has 2 heteroatoms. The molecule has 3 rings (SSSR count). The Kier molecular flexibility index (Phi) is 3.91. The van der Waals surface area contributed by atoms with E-state index in [1.54, 1.807) is 0 Å². The van der Waals surface area contributed by atoms with Gasteiger partial charge in [-0.3, -0.25) is 4.79 Å². The first kappa shape index (κ1) is 17.0. The number of allylic oxidation sites excluding steroid dienone is 3. The monoisotopic (exact) mass is 316 g/mol. The molecule has 0 bridgehead atoms. The molecule has 0 aromatic heterocycles. The Bertz CT molecular complexity index is 583. The second-order valence-corrected chi connectivity index (χ2v) is 9.32. The summed E-state index contributed by atoms with van der Waals surface area (Å²) in [5.41, 5.74) is 1.84. The first-order valence-electron chi connectivity index (χ1n) is 9.16. The molecule has 0 saturated heterocycles. The fourth-order valence-electron chi connectivity index (χ4n) is 5.86. The molecule has 3 aliphatic rings. The van der Waals surface area contributed by atoms with Gasteiger partial charge in [0.25, 0.3) is 0 Å². The van der Waals surface area contributed by atoms with Crippen molar-refractivity contribution in [2.75, 3.05) is 6.61 Å². The van der Waals surface area contributed by atoms with E-state index in [9.17, 15) is 9.90 Å². The molecule has 128 valence electrons. The molecule has 1 saturated carbocycles. The zero-order valence-corrected chi connectivity index (χ0v) is 15.5. The number of aliphatic hydroxyl groups excluding tert-OH is 1. The number of rotatable bonds is 1. The maximum atomic E-state index is 12.9. The van der Waals surface area contributed by atoms with Crippen LogP contribution in [0.1, 0.15) is 54.4 Å². The average molecular weight is 316 g/mol. The lowest BCUT2D eigenvalue weighted by Crippen LogP contribution is -2.48. The van der Waals surface area contributed by atoms with E-state index in [1.807, 2.05) is 6.92 Å². The van der Waals surface area contributed by atoms with Gasteiger partial charge in [0, 0.05) is 5.41 Å². The van der Waals surface area contributed by atoms with Crippen molar-refractivity contribution in [3.8, 4) is 0 Å². The molecule has 0 aromatic rings. The van der Waals surface area contributed by atoms with E-state index in [0.29, 0.717) is 41.8 Å². The summed E-state index contributed by atoms with van der Waals surface area (Å²) in [5, 5.41) is 9.90. The van der Waals surface area contributed by atoms with E-state index < -0.39 is 0 Å². The number of hydrogen-bond acceptors (Lipinski definition) is 2. The molecule has 5 unspecified atom stereocenters. The number of carbonyl (C=O) groups is 1. The van der Waals surface area contributed by atoms with E-state index in [-0.39, 0.29) is 17.4 Å². The van der Waals surface area contributed by atoms with Crippen molar-refractivity contribution >= 4 is 5.78 Å². The van der Waals surface area contributed by atoms with Crippen molar-refractivity contribution in [3.05, 3.63) is 23.3 Å². The molecular formula is C21H32O2. The van der Waals surface area contributed by atoms with Gasteiger partial charge in [0.2, 0.25) is 0 Å². The summed E-state index contributed by atoms with van der Waals surface area (Å²) in [5.74, 6) is 2.80. The first-order valence-corrected chi connectivity index (χ1v) is 9.16. The normalized spacial score (nSPS) is 45.7. The number of hydrogen-bond donors (Lipinski definition) is 1. The van der Waals surface area contributed by atoms with Crippen LogP contribution in [0.3, 0.4) is 0 Å². The van der Waals surface area contributed by atoms with Crippen molar-refractivity contribution in [1.29, 1.82) is 0 Å². The molecule has 3 aliphatic carbocycles. The van der Waals surface area contributed by atoms with Gasteiger partial charge in [0.05, 0.1) is 6.61 Å². The highest BCUT2D eigenvalue weighted by molar-refractivity contribution is 6.02. The third-order valence-corrected chi connectivity index (χ3v) is 7.60. The Balaban J connectivity index is 2.16. The highest BCUT2D eigenvalue weighted by Gasteiger charge is 2.57. The van der Waals surface area contributed by atoms with Crippen molar-refractivity contribution in [2.45, 2.75) is 54.4 Å². The fourth-order valence-corrected chi connectivity index (χ4v) is 5.86. The van der Waals surface area contributed by atoms with Crippen LogP contribution in [0, 0.1) is 40.4 Å². The van der Waals surface area contributed by atoms with Gasteiger partial charge in [-0.05, 0) is 65.9 Å². The molecule has 1 N–H and O–H groups in total. The number of fused-ring (bicyclic) bond motifs is 3. The molecule has 1 fully saturated rings. The highest BCUT2D eigenvalue weighted by atomic mass is 16.3. The molecular weight excluding hydrogens is 284 g/mol. The third kappa shape index (κ3) is 2.28. The van der Waals surface area contributed by atoms with Gasteiger partial charge in [0.15, 0.2) is 5.78 Å². The third-order valence-electron chi connectivity index (χ3n) is 7.60. The van der Waals surface area contributed by atoms with Crippen LogP contribution >= 0.6 is 0 Å². The van der Waals surface area contributed by atoms with Gasteiger partial charge < -0.3 is 5.11 Å². The van der Waals surface area contributed by atoms with Crippen LogP contribution in [-0.4, -0.2) is 17.5 Å². The van der Waals surface area contributed by atoms with E-state index in [0.717, 1.165) is 11.1 Å². The van der Waals surface area contributed by atoms with Gasteiger partial charge in [-0.15, -0.1) is 0 Å². The summed E-state index contributed by atoms with van der Waals surface area (Å²) in [6.07, 6.45) is 6.54. The summed E-state index contributed by atoms with van der Waals surface area (Å²) >= 11 is 0. The maximum absolute atomic E-state index is 12.9. The topological polar surface area (TPSA) is 37.3 Å². The summed E-state index contributed by atoms with van der Waals surface area (Å²) in [6, 6.07) is 0. The van der Waals surface area contributed by atoms with E-state index in [4.69, 9.17) is 0 Å². The second kappa shape index (κ2) is 5.31. The van der Waals surface area contributed by atoms with Crippen LogP contribution in [0.5, 0.6) is 0 Å². The summed E-state index contributed by atoms with van der Waals surface area (Å²) in [4.78, 5) is 12.9. The summed E-state index contributed by atoms with van der Waals surface area (Å²) in [7, 11) is 0. The van der Waals surface area contributed by atoms with Crippen LogP contribution in [0.2, 0.25) is 0 Å². The minimum absolute atomic E-state index is 0.0801. The zero-order valence-electron chi connectivity index (χ0n) is 15.5. The standard InChI is InChI=1S/C21H32O2/c1-12-7-14(3)20(4,5)16-9-15(11-22)10-21(6)17(18(12)16)8-13(2)19(21)23/h8-9,12,14,16-18,22H,7,10-11H2,1-6H3/t12?,14?,16-,17?,18?,21?/m1/s1. The maximum Gasteiger partial charge on any atom is 0.165 e. The smallest absolute Gasteiger partial charge is 0.165 e. The lowest BCUT2D eigenvalue weighted by atomic mass is 9.51. The van der Waals surface area contributed by atoms with E-state index >= 15 is 0 Å². The molecule has 0 amide bonds. The minimum Gasteiger partial charge on any atom is -0.392 e. The Morgan fingerprint density at radius 3 is 2.43 bits per heavy atom. The number of aliphatic hydroxyl groups is 1. The molecule has 2 nitrogen and oxygen atoms in total. The molecule has 0 radical (unpaired) electrons. The molecule has 0 spiro atoms. The molecule has 23 heavy (non-hydrogen) atoms. The minimum atomic E-state index is -0.358. The zero-order chi connectivity index (χ0) is 17.2. The molecule has 0 heterocycles. The first-order chi connectivity index (χ1) is 10.6. The molecule has 6 atom stereocenters. The number of carbonyl (C=O) groups excluding carboxylic acids is 1. The van der Waals surface area contributed by atoms with Crippen LogP contribution in [-0.2, 0) is 4.79 Å². The predicted octanol–water partition coefficient (Wildman–Crippen LogP) is 4.39. The van der Waals surface area contributed by atoms with Crippen molar-refractivity contribution in [2.24, 2.45) is 40.4 Å². The Morgan fingerprint density at radius 2 is 1.83 bits per heavy atom. The SMILES string of the molecule is CC1=CC2C3C(C)CC(C)C(C)(C)[C@@H]3C=C(CO)CC2(C)C1=O. The van der Waals surface area contributed by atoms with Gasteiger partial charge in [-0.1, -0.05) is 46.8 Å². The van der Waals surface area contributed by atoms with Crippen molar-refractivity contribution < 1.29 is 9.90 Å².